The summed E-state index contributed by atoms with van der Waals surface area (Å²) >= 11 is 0. The molecule has 0 aromatic heterocycles. The first-order valence-corrected chi connectivity index (χ1v) is 5.34. The van der Waals surface area contributed by atoms with Crippen LogP contribution in [0.25, 0.3) is 6.08 Å². The number of hydrogen-bond donors (Lipinski definition) is 0. The standard InChI is InChI=1S/C13H15NO2/c1-14(2)13(15)16-12-8-7-10-5-3-4-6-11(10)9-12/h3-6,9H,7-8H2,1-2H3. The van der Waals surface area contributed by atoms with Gasteiger partial charge in [-0.15, -0.1) is 0 Å². The van der Waals surface area contributed by atoms with E-state index in [4.69, 9.17) is 4.74 Å². The zero-order valence-corrected chi connectivity index (χ0v) is 9.56. The number of rotatable bonds is 1. The second-order valence-electron chi connectivity index (χ2n) is 4.07. The van der Waals surface area contributed by atoms with E-state index >= 15 is 0 Å². The predicted molar refractivity (Wildman–Crippen MR) is 62.9 cm³/mol. The first kappa shape index (κ1) is 10.7. The first-order chi connectivity index (χ1) is 7.66. The highest BCUT2D eigenvalue weighted by atomic mass is 16.6. The molecule has 1 amide bonds. The van der Waals surface area contributed by atoms with E-state index in [9.17, 15) is 4.79 Å². The van der Waals surface area contributed by atoms with Gasteiger partial charge in [0.2, 0.25) is 0 Å². The molecule has 0 atom stereocenters. The normalized spacial score (nSPS) is 13.8. The second-order valence-corrected chi connectivity index (χ2v) is 4.07. The zero-order valence-electron chi connectivity index (χ0n) is 9.56. The van der Waals surface area contributed by atoms with Crippen molar-refractivity contribution in [3.05, 3.63) is 41.2 Å². The molecule has 0 saturated carbocycles. The van der Waals surface area contributed by atoms with Crippen LogP contribution in [0.1, 0.15) is 17.5 Å². The average Bonchev–Trinajstić information content (AvgIpc) is 2.28. The lowest BCUT2D eigenvalue weighted by Crippen LogP contribution is -2.23. The summed E-state index contributed by atoms with van der Waals surface area (Å²) in [5.74, 6) is 0.748. The maximum Gasteiger partial charge on any atom is 0.414 e. The van der Waals surface area contributed by atoms with E-state index in [1.807, 2.05) is 24.3 Å². The van der Waals surface area contributed by atoms with Crippen LogP contribution in [0.15, 0.2) is 30.0 Å². The Kier molecular flexibility index (Phi) is 2.95. The van der Waals surface area contributed by atoms with Crippen molar-refractivity contribution in [2.45, 2.75) is 12.8 Å². The Hall–Kier alpha value is -1.77. The quantitative estimate of drug-likeness (QED) is 0.723. The molecule has 1 aromatic carbocycles. The second kappa shape index (κ2) is 4.39. The van der Waals surface area contributed by atoms with Gasteiger partial charge in [-0.1, -0.05) is 24.3 Å². The highest BCUT2D eigenvalue weighted by molar-refractivity contribution is 5.70. The van der Waals surface area contributed by atoms with Crippen molar-refractivity contribution in [3.8, 4) is 0 Å². The summed E-state index contributed by atoms with van der Waals surface area (Å²) in [4.78, 5) is 12.8. The highest BCUT2D eigenvalue weighted by Crippen LogP contribution is 2.24. The molecule has 3 nitrogen and oxygen atoms in total. The number of benzene rings is 1. The van der Waals surface area contributed by atoms with Crippen LogP contribution in [0.3, 0.4) is 0 Å². The topological polar surface area (TPSA) is 29.5 Å². The molecular weight excluding hydrogens is 202 g/mol. The molecule has 3 heteroatoms. The van der Waals surface area contributed by atoms with Crippen LogP contribution in [-0.4, -0.2) is 25.1 Å². The van der Waals surface area contributed by atoms with Crippen molar-refractivity contribution < 1.29 is 9.53 Å². The van der Waals surface area contributed by atoms with E-state index in [2.05, 4.69) is 6.07 Å². The van der Waals surface area contributed by atoms with Crippen molar-refractivity contribution in [2.75, 3.05) is 14.1 Å². The maximum atomic E-state index is 11.4. The minimum atomic E-state index is -0.314. The van der Waals surface area contributed by atoms with Crippen molar-refractivity contribution >= 4 is 12.2 Å². The maximum absolute atomic E-state index is 11.4. The summed E-state index contributed by atoms with van der Waals surface area (Å²) in [6.07, 6.45) is 3.35. The van der Waals surface area contributed by atoms with E-state index in [0.717, 1.165) is 24.2 Å². The van der Waals surface area contributed by atoms with E-state index in [0.29, 0.717) is 0 Å². The number of aryl methyl sites for hydroxylation is 1. The molecule has 84 valence electrons. The van der Waals surface area contributed by atoms with E-state index in [1.165, 1.54) is 10.5 Å². The lowest BCUT2D eigenvalue weighted by molar-refractivity contribution is 0.144. The van der Waals surface area contributed by atoms with Crippen LogP contribution in [0.2, 0.25) is 0 Å². The van der Waals surface area contributed by atoms with Crippen LogP contribution in [-0.2, 0) is 11.2 Å². The van der Waals surface area contributed by atoms with Crippen molar-refractivity contribution in [2.24, 2.45) is 0 Å². The minimum absolute atomic E-state index is 0.314. The fourth-order valence-electron chi connectivity index (χ4n) is 1.69. The largest absolute Gasteiger partial charge is 0.415 e. The summed E-state index contributed by atoms with van der Waals surface area (Å²) in [6, 6.07) is 8.17. The average molecular weight is 217 g/mol. The molecule has 0 unspecified atom stereocenters. The van der Waals surface area contributed by atoms with E-state index < -0.39 is 0 Å². The number of allylic oxidation sites excluding steroid dienone is 1. The zero-order chi connectivity index (χ0) is 11.5. The first-order valence-electron chi connectivity index (χ1n) is 5.34. The Morgan fingerprint density at radius 1 is 1.25 bits per heavy atom. The fourth-order valence-corrected chi connectivity index (χ4v) is 1.69. The smallest absolute Gasteiger partial charge is 0.414 e. The third kappa shape index (κ3) is 2.24. The molecule has 0 saturated heterocycles. The van der Waals surface area contributed by atoms with Crippen molar-refractivity contribution in [1.29, 1.82) is 0 Å². The van der Waals surface area contributed by atoms with Gasteiger partial charge in [0.1, 0.15) is 5.76 Å². The van der Waals surface area contributed by atoms with Crippen molar-refractivity contribution in [3.63, 3.8) is 0 Å². The van der Waals surface area contributed by atoms with Crippen LogP contribution in [0, 0.1) is 0 Å². The van der Waals surface area contributed by atoms with Crippen LogP contribution < -0.4 is 0 Å². The van der Waals surface area contributed by atoms with Gasteiger partial charge in [-0.3, -0.25) is 0 Å². The molecule has 0 spiro atoms. The molecule has 2 rings (SSSR count). The number of hydrogen-bond acceptors (Lipinski definition) is 2. The molecule has 0 N–H and O–H groups in total. The monoisotopic (exact) mass is 217 g/mol. The van der Waals surface area contributed by atoms with E-state index in [1.54, 1.807) is 14.1 Å². The molecule has 1 aliphatic carbocycles. The predicted octanol–water partition coefficient (Wildman–Crippen LogP) is 2.67. The Balaban J connectivity index is 2.15. The molecule has 0 aliphatic heterocycles. The summed E-state index contributed by atoms with van der Waals surface area (Å²) in [7, 11) is 3.36. The Bertz CT molecular complexity index is 435. The van der Waals surface area contributed by atoms with Crippen LogP contribution in [0.5, 0.6) is 0 Å². The third-order valence-corrected chi connectivity index (χ3v) is 2.60. The molecule has 0 fully saturated rings. The van der Waals surface area contributed by atoms with Crippen molar-refractivity contribution in [1.82, 2.24) is 4.90 Å². The Labute approximate surface area is 95.3 Å². The Morgan fingerprint density at radius 2 is 2.00 bits per heavy atom. The fraction of sp³-hybridized carbons (Fsp3) is 0.308. The van der Waals surface area contributed by atoms with Crippen LogP contribution in [0.4, 0.5) is 4.79 Å². The number of carbonyl (C=O) groups is 1. The lowest BCUT2D eigenvalue weighted by atomic mass is 9.96. The lowest BCUT2D eigenvalue weighted by Gasteiger charge is -2.18. The number of nitrogens with zero attached hydrogens (tertiary/aromatic N) is 1. The molecule has 0 bridgehead atoms. The van der Waals surface area contributed by atoms with Gasteiger partial charge in [-0.05, 0) is 23.6 Å². The molecular formula is C13H15NO2. The van der Waals surface area contributed by atoms with Gasteiger partial charge < -0.3 is 9.64 Å². The molecule has 1 aliphatic rings. The summed E-state index contributed by atoms with van der Waals surface area (Å²) in [6.45, 7) is 0. The van der Waals surface area contributed by atoms with E-state index in [-0.39, 0.29) is 6.09 Å². The number of fused-ring (bicyclic) bond motifs is 1. The van der Waals surface area contributed by atoms with Gasteiger partial charge in [-0.25, -0.2) is 4.79 Å². The minimum Gasteiger partial charge on any atom is -0.415 e. The summed E-state index contributed by atoms with van der Waals surface area (Å²) in [5, 5.41) is 0. The molecule has 0 radical (unpaired) electrons. The molecule has 0 heterocycles. The van der Waals surface area contributed by atoms with Gasteiger partial charge in [0.25, 0.3) is 0 Å². The highest BCUT2D eigenvalue weighted by Gasteiger charge is 2.14. The van der Waals surface area contributed by atoms with Gasteiger partial charge in [0.05, 0.1) is 0 Å². The van der Waals surface area contributed by atoms with Crippen LogP contribution >= 0.6 is 0 Å². The van der Waals surface area contributed by atoms with Gasteiger partial charge >= 0.3 is 6.09 Å². The molecule has 1 aromatic rings. The molecule has 16 heavy (non-hydrogen) atoms. The van der Waals surface area contributed by atoms with Gasteiger partial charge in [-0.2, -0.15) is 0 Å². The SMILES string of the molecule is CN(C)C(=O)OC1=Cc2ccccc2CC1. The van der Waals surface area contributed by atoms with Gasteiger partial charge in [0.15, 0.2) is 0 Å². The third-order valence-electron chi connectivity index (χ3n) is 2.60. The Morgan fingerprint density at radius 3 is 2.75 bits per heavy atom. The summed E-state index contributed by atoms with van der Waals surface area (Å²) < 4.78 is 5.26. The van der Waals surface area contributed by atoms with Gasteiger partial charge in [0, 0.05) is 20.5 Å². The number of amides is 1. The summed E-state index contributed by atoms with van der Waals surface area (Å²) in [5.41, 5.74) is 2.46. The number of carbonyl (C=O) groups excluding carboxylic acids is 1. The number of ether oxygens (including phenoxy) is 1.